The van der Waals surface area contributed by atoms with E-state index in [4.69, 9.17) is 26.2 Å². The van der Waals surface area contributed by atoms with Crippen LogP contribution in [-0.2, 0) is 0 Å². The lowest BCUT2D eigenvalue weighted by Gasteiger charge is -2.30. The van der Waals surface area contributed by atoms with E-state index in [0.29, 0.717) is 0 Å². The van der Waals surface area contributed by atoms with Crippen LogP contribution in [0, 0.1) is 0 Å². The Morgan fingerprint density at radius 1 is 0.688 bits per heavy atom. The second-order valence-corrected chi connectivity index (χ2v) is 3.55. The average molecular weight is 241 g/mol. The average Bonchev–Trinajstić information content (AvgIpc) is 2.32. The summed E-state index contributed by atoms with van der Waals surface area (Å²) in [6.07, 6.45) is -8.51. The third kappa shape index (κ3) is 3.92. The van der Waals surface area contributed by atoms with Gasteiger partial charge in [0.2, 0.25) is 0 Å². The fourth-order valence-corrected chi connectivity index (χ4v) is 1.11. The Bertz CT molecular complexity index is 173. The van der Waals surface area contributed by atoms with Crippen molar-refractivity contribution in [2.75, 3.05) is 13.2 Å². The van der Waals surface area contributed by atoms with Gasteiger partial charge in [-0.15, -0.1) is 0 Å². The Kier molecular flexibility index (Phi) is 6.95. The minimum Gasteiger partial charge on any atom is -0.394 e. The van der Waals surface area contributed by atoms with Crippen molar-refractivity contribution >= 4 is 0 Å². The van der Waals surface area contributed by atoms with Gasteiger partial charge < -0.3 is 41.5 Å². The maximum Gasteiger partial charge on any atom is 0.111 e. The van der Waals surface area contributed by atoms with Crippen molar-refractivity contribution in [1.82, 2.24) is 0 Å². The van der Waals surface area contributed by atoms with Crippen molar-refractivity contribution in [3.8, 4) is 0 Å². The highest BCUT2D eigenvalue weighted by Gasteiger charge is 2.35. The molecule has 0 rings (SSSR count). The van der Waals surface area contributed by atoms with Gasteiger partial charge in [0.05, 0.1) is 25.4 Å². The SMILES string of the molecule is N[C@@H]([C@@H](O)[C@H](O)[C@H](O)[C@@H](O)CO)[C@H](O)CO. The van der Waals surface area contributed by atoms with Gasteiger partial charge in [0, 0.05) is 0 Å². The van der Waals surface area contributed by atoms with E-state index in [2.05, 4.69) is 0 Å². The molecular weight excluding hydrogens is 222 g/mol. The first-order valence-corrected chi connectivity index (χ1v) is 4.74. The van der Waals surface area contributed by atoms with E-state index in [0.717, 1.165) is 0 Å². The Morgan fingerprint density at radius 2 is 1.12 bits per heavy atom. The van der Waals surface area contributed by atoms with E-state index in [1.165, 1.54) is 0 Å². The molecule has 0 aromatic carbocycles. The molecule has 0 aromatic rings. The molecule has 0 amide bonds. The van der Waals surface area contributed by atoms with Crippen molar-refractivity contribution in [3.05, 3.63) is 0 Å². The summed E-state index contributed by atoms with van der Waals surface area (Å²) in [7, 11) is 0. The molecular formula is C8H19NO7. The Morgan fingerprint density at radius 3 is 1.50 bits per heavy atom. The summed E-state index contributed by atoms with van der Waals surface area (Å²) in [5.41, 5.74) is 5.28. The summed E-state index contributed by atoms with van der Waals surface area (Å²) >= 11 is 0. The number of hydrogen-bond donors (Lipinski definition) is 8. The molecule has 0 aliphatic heterocycles. The van der Waals surface area contributed by atoms with Crippen molar-refractivity contribution in [2.24, 2.45) is 5.73 Å². The van der Waals surface area contributed by atoms with Gasteiger partial charge in [-0.2, -0.15) is 0 Å². The molecule has 0 fully saturated rings. The molecule has 0 aliphatic carbocycles. The minimum atomic E-state index is -1.85. The van der Waals surface area contributed by atoms with Gasteiger partial charge in [0.15, 0.2) is 0 Å². The molecule has 0 aromatic heterocycles. The van der Waals surface area contributed by atoms with Crippen LogP contribution < -0.4 is 5.73 Å². The van der Waals surface area contributed by atoms with Gasteiger partial charge in [0.25, 0.3) is 0 Å². The minimum absolute atomic E-state index is 0.719. The monoisotopic (exact) mass is 241 g/mol. The molecule has 98 valence electrons. The molecule has 9 N–H and O–H groups in total. The predicted octanol–water partition coefficient (Wildman–Crippen LogP) is -4.90. The van der Waals surface area contributed by atoms with Gasteiger partial charge in [-0.05, 0) is 0 Å². The largest absolute Gasteiger partial charge is 0.394 e. The van der Waals surface area contributed by atoms with E-state index in [-0.39, 0.29) is 0 Å². The predicted molar refractivity (Wildman–Crippen MR) is 52.2 cm³/mol. The number of hydrogen-bond acceptors (Lipinski definition) is 8. The molecule has 8 heteroatoms. The lowest BCUT2D eigenvalue weighted by atomic mass is 9.95. The van der Waals surface area contributed by atoms with Crippen LogP contribution in [0.1, 0.15) is 0 Å². The molecule has 0 spiro atoms. The molecule has 0 heterocycles. The lowest BCUT2D eigenvalue weighted by Crippen LogP contribution is -2.56. The second kappa shape index (κ2) is 7.09. The van der Waals surface area contributed by atoms with Crippen molar-refractivity contribution in [2.45, 2.75) is 36.6 Å². The zero-order chi connectivity index (χ0) is 12.9. The molecule has 0 radical (unpaired) electrons. The zero-order valence-corrected chi connectivity index (χ0v) is 8.59. The van der Waals surface area contributed by atoms with Gasteiger partial charge in [-0.3, -0.25) is 0 Å². The summed E-state index contributed by atoms with van der Waals surface area (Å²) in [5.74, 6) is 0. The molecule has 0 aliphatic rings. The van der Waals surface area contributed by atoms with Crippen molar-refractivity contribution in [3.63, 3.8) is 0 Å². The summed E-state index contributed by atoms with van der Waals surface area (Å²) in [4.78, 5) is 0. The maximum atomic E-state index is 9.40. The van der Waals surface area contributed by atoms with Gasteiger partial charge in [0.1, 0.15) is 24.4 Å². The third-order valence-corrected chi connectivity index (χ3v) is 2.31. The van der Waals surface area contributed by atoms with E-state index in [1.54, 1.807) is 0 Å². The van der Waals surface area contributed by atoms with E-state index in [9.17, 15) is 15.3 Å². The maximum absolute atomic E-state index is 9.40. The van der Waals surface area contributed by atoms with Crippen LogP contribution in [0.4, 0.5) is 0 Å². The van der Waals surface area contributed by atoms with Gasteiger partial charge in [-0.25, -0.2) is 0 Å². The molecule has 8 nitrogen and oxygen atoms in total. The summed E-state index contributed by atoms with van der Waals surface area (Å²) in [6.45, 7) is -1.52. The van der Waals surface area contributed by atoms with Crippen LogP contribution in [0.5, 0.6) is 0 Å². The number of nitrogens with two attached hydrogens (primary N) is 1. The second-order valence-electron chi connectivity index (χ2n) is 3.55. The quantitative estimate of drug-likeness (QED) is 0.219. The standard InChI is InChI=1S/C8H19NO7/c9-5(3(12)1-10)7(15)8(16)6(14)4(13)2-11/h3-8,10-16H,1-2,9H2/t3-,4+,5-,6-,7-,8-/m1/s1. The highest BCUT2D eigenvalue weighted by atomic mass is 16.4. The fourth-order valence-electron chi connectivity index (χ4n) is 1.11. The first-order chi connectivity index (χ1) is 7.36. The first kappa shape index (κ1) is 15.7. The Balaban J connectivity index is 4.41. The first-order valence-electron chi connectivity index (χ1n) is 4.74. The van der Waals surface area contributed by atoms with Gasteiger partial charge in [-0.1, -0.05) is 0 Å². The van der Waals surface area contributed by atoms with E-state index >= 15 is 0 Å². The fraction of sp³-hybridized carbons (Fsp3) is 1.00. The van der Waals surface area contributed by atoms with Crippen LogP contribution in [0.15, 0.2) is 0 Å². The van der Waals surface area contributed by atoms with Crippen LogP contribution in [0.2, 0.25) is 0 Å². The molecule has 0 saturated carbocycles. The van der Waals surface area contributed by atoms with Crippen LogP contribution in [0.3, 0.4) is 0 Å². The van der Waals surface area contributed by atoms with Crippen LogP contribution in [-0.4, -0.2) is 85.5 Å². The highest BCUT2D eigenvalue weighted by Crippen LogP contribution is 2.09. The van der Waals surface area contributed by atoms with E-state index < -0.39 is 49.8 Å². The smallest absolute Gasteiger partial charge is 0.111 e. The Labute approximate surface area is 92.2 Å². The number of aliphatic hydroxyl groups is 7. The van der Waals surface area contributed by atoms with E-state index in [1.807, 2.05) is 0 Å². The van der Waals surface area contributed by atoms with Crippen molar-refractivity contribution < 1.29 is 35.7 Å². The topological polar surface area (TPSA) is 168 Å². The molecule has 0 unspecified atom stereocenters. The molecule has 6 atom stereocenters. The number of rotatable bonds is 7. The molecule has 16 heavy (non-hydrogen) atoms. The molecule has 0 bridgehead atoms. The van der Waals surface area contributed by atoms with Gasteiger partial charge >= 0.3 is 0 Å². The lowest BCUT2D eigenvalue weighted by molar-refractivity contribution is -0.128. The molecule has 0 saturated heterocycles. The summed E-state index contributed by atoms with van der Waals surface area (Å²) < 4.78 is 0. The van der Waals surface area contributed by atoms with Crippen molar-refractivity contribution in [1.29, 1.82) is 0 Å². The summed E-state index contributed by atoms with van der Waals surface area (Å²) in [5, 5.41) is 63.1. The third-order valence-electron chi connectivity index (χ3n) is 2.31. The highest BCUT2D eigenvalue weighted by molar-refractivity contribution is 4.89. The van der Waals surface area contributed by atoms with Crippen LogP contribution >= 0.6 is 0 Å². The summed E-state index contributed by atoms with van der Waals surface area (Å²) in [6, 6.07) is -1.39. The normalized spacial score (nSPS) is 23.2. The zero-order valence-electron chi connectivity index (χ0n) is 8.59. The van der Waals surface area contributed by atoms with Crippen LogP contribution in [0.25, 0.3) is 0 Å². The number of aliphatic hydroxyl groups excluding tert-OH is 7. The Hall–Kier alpha value is -0.320.